The van der Waals surface area contributed by atoms with E-state index in [9.17, 15) is 5.26 Å². The highest BCUT2D eigenvalue weighted by Gasteiger charge is 2.31. The normalized spacial score (nSPS) is 15.5. The standard InChI is InChI=1S/C20H20N2O4/c1-4-25-16-8-5-12(9-18(16)24-3)19-14-7-6-13(23-2)10-17(14)26-20(22)15(19)11-21/h5-10,19H,4,22H2,1-3H3/t19-/m0/s1. The smallest absolute Gasteiger partial charge is 0.205 e. The van der Waals surface area contributed by atoms with Gasteiger partial charge in [-0.1, -0.05) is 12.1 Å². The van der Waals surface area contributed by atoms with Crippen LogP contribution in [-0.4, -0.2) is 20.8 Å². The maximum absolute atomic E-state index is 9.64. The minimum Gasteiger partial charge on any atom is -0.497 e. The zero-order chi connectivity index (χ0) is 18.7. The predicted molar refractivity (Wildman–Crippen MR) is 96.5 cm³/mol. The monoisotopic (exact) mass is 352 g/mol. The van der Waals surface area contributed by atoms with Gasteiger partial charge in [-0.05, 0) is 30.7 Å². The molecule has 0 aromatic heterocycles. The van der Waals surface area contributed by atoms with Crippen molar-refractivity contribution >= 4 is 0 Å². The third-order valence-electron chi connectivity index (χ3n) is 4.25. The topological polar surface area (TPSA) is 86.7 Å². The van der Waals surface area contributed by atoms with Crippen LogP contribution in [0, 0.1) is 11.3 Å². The lowest BCUT2D eigenvalue weighted by molar-refractivity contribution is 0.310. The molecule has 6 nitrogen and oxygen atoms in total. The summed E-state index contributed by atoms with van der Waals surface area (Å²) in [5.41, 5.74) is 8.06. The van der Waals surface area contributed by atoms with Crippen LogP contribution in [0.25, 0.3) is 0 Å². The summed E-state index contributed by atoms with van der Waals surface area (Å²) in [4.78, 5) is 0. The summed E-state index contributed by atoms with van der Waals surface area (Å²) in [6.45, 7) is 2.44. The minimum absolute atomic E-state index is 0.0890. The average molecular weight is 352 g/mol. The Hall–Kier alpha value is -3.33. The number of ether oxygens (including phenoxy) is 4. The van der Waals surface area contributed by atoms with E-state index >= 15 is 0 Å². The van der Waals surface area contributed by atoms with Crippen LogP contribution in [0.4, 0.5) is 0 Å². The highest BCUT2D eigenvalue weighted by Crippen LogP contribution is 2.45. The Kier molecular flexibility index (Phi) is 4.90. The number of hydrogen-bond acceptors (Lipinski definition) is 6. The molecular formula is C20H20N2O4. The lowest BCUT2D eigenvalue weighted by Gasteiger charge is -2.27. The maximum atomic E-state index is 9.64. The first-order valence-electron chi connectivity index (χ1n) is 8.19. The molecule has 134 valence electrons. The average Bonchev–Trinajstić information content (AvgIpc) is 2.67. The van der Waals surface area contributed by atoms with Crippen LogP contribution >= 0.6 is 0 Å². The molecule has 6 heteroatoms. The molecule has 1 heterocycles. The van der Waals surface area contributed by atoms with E-state index in [2.05, 4.69) is 6.07 Å². The molecule has 1 aliphatic heterocycles. The number of fused-ring (bicyclic) bond motifs is 1. The molecular weight excluding hydrogens is 332 g/mol. The lowest BCUT2D eigenvalue weighted by atomic mass is 9.83. The van der Waals surface area contributed by atoms with E-state index in [1.54, 1.807) is 20.3 Å². The van der Waals surface area contributed by atoms with Crippen LogP contribution in [0.3, 0.4) is 0 Å². The molecule has 0 fully saturated rings. The second-order valence-electron chi connectivity index (χ2n) is 5.67. The minimum atomic E-state index is -0.362. The Morgan fingerprint density at radius 1 is 1.12 bits per heavy atom. The molecule has 3 rings (SSSR count). The number of methoxy groups -OCH3 is 2. The van der Waals surface area contributed by atoms with Crippen LogP contribution in [0.2, 0.25) is 0 Å². The van der Waals surface area contributed by atoms with Gasteiger partial charge in [-0.15, -0.1) is 0 Å². The summed E-state index contributed by atoms with van der Waals surface area (Å²) in [6, 6.07) is 13.2. The van der Waals surface area contributed by atoms with Crippen LogP contribution in [0.5, 0.6) is 23.0 Å². The fourth-order valence-corrected chi connectivity index (χ4v) is 3.04. The highest BCUT2D eigenvalue weighted by molar-refractivity contribution is 5.59. The van der Waals surface area contributed by atoms with Gasteiger partial charge in [0.25, 0.3) is 0 Å². The van der Waals surface area contributed by atoms with Gasteiger partial charge in [-0.3, -0.25) is 0 Å². The summed E-state index contributed by atoms with van der Waals surface area (Å²) in [5.74, 6) is 2.20. The SMILES string of the molecule is CCOc1ccc([C@@H]2C(C#N)=C(N)Oc3cc(OC)ccc32)cc1OC. The van der Waals surface area contributed by atoms with Crippen molar-refractivity contribution in [1.82, 2.24) is 0 Å². The molecule has 2 aromatic rings. The van der Waals surface area contributed by atoms with Gasteiger partial charge in [0.05, 0.1) is 26.7 Å². The summed E-state index contributed by atoms with van der Waals surface area (Å²) < 4.78 is 21.9. The second-order valence-corrected chi connectivity index (χ2v) is 5.67. The number of nitrogens with two attached hydrogens (primary N) is 1. The fourth-order valence-electron chi connectivity index (χ4n) is 3.04. The second kappa shape index (κ2) is 7.28. The van der Waals surface area contributed by atoms with Crippen LogP contribution in [0.15, 0.2) is 47.9 Å². The molecule has 0 spiro atoms. The first-order chi connectivity index (χ1) is 12.6. The van der Waals surface area contributed by atoms with E-state index in [-0.39, 0.29) is 11.8 Å². The van der Waals surface area contributed by atoms with Crippen molar-refractivity contribution in [2.24, 2.45) is 5.73 Å². The molecule has 0 aliphatic carbocycles. The Bertz CT molecular complexity index is 899. The number of hydrogen-bond donors (Lipinski definition) is 1. The largest absolute Gasteiger partial charge is 0.497 e. The third-order valence-corrected chi connectivity index (χ3v) is 4.25. The first-order valence-corrected chi connectivity index (χ1v) is 8.19. The number of allylic oxidation sites excluding steroid dienone is 1. The zero-order valence-electron chi connectivity index (χ0n) is 14.9. The first kappa shape index (κ1) is 17.5. The van der Waals surface area contributed by atoms with Gasteiger partial charge in [0, 0.05) is 11.6 Å². The van der Waals surface area contributed by atoms with Gasteiger partial charge in [0.2, 0.25) is 5.88 Å². The number of benzene rings is 2. The number of nitriles is 1. The van der Waals surface area contributed by atoms with Gasteiger partial charge in [0.15, 0.2) is 11.5 Å². The van der Waals surface area contributed by atoms with E-state index < -0.39 is 0 Å². The van der Waals surface area contributed by atoms with Crippen molar-refractivity contribution < 1.29 is 18.9 Å². The van der Waals surface area contributed by atoms with Crippen molar-refractivity contribution in [3.05, 3.63) is 59.0 Å². The fraction of sp³-hybridized carbons (Fsp3) is 0.250. The number of rotatable bonds is 5. The van der Waals surface area contributed by atoms with E-state index in [0.29, 0.717) is 35.2 Å². The van der Waals surface area contributed by atoms with Gasteiger partial charge >= 0.3 is 0 Å². The summed E-state index contributed by atoms with van der Waals surface area (Å²) >= 11 is 0. The Morgan fingerprint density at radius 2 is 1.92 bits per heavy atom. The van der Waals surface area contributed by atoms with Crippen molar-refractivity contribution in [2.45, 2.75) is 12.8 Å². The predicted octanol–water partition coefficient (Wildman–Crippen LogP) is 3.32. The Labute approximate surface area is 152 Å². The van der Waals surface area contributed by atoms with Crippen molar-refractivity contribution in [1.29, 1.82) is 5.26 Å². The Morgan fingerprint density at radius 3 is 2.58 bits per heavy atom. The molecule has 0 saturated carbocycles. The molecule has 1 aliphatic rings. The molecule has 1 atom stereocenters. The molecule has 0 unspecified atom stereocenters. The van der Waals surface area contributed by atoms with Gasteiger partial charge in [-0.2, -0.15) is 5.26 Å². The van der Waals surface area contributed by atoms with Gasteiger partial charge in [-0.25, -0.2) is 0 Å². The van der Waals surface area contributed by atoms with E-state index in [0.717, 1.165) is 11.1 Å². The molecule has 2 N–H and O–H groups in total. The van der Waals surface area contributed by atoms with Crippen LogP contribution < -0.4 is 24.7 Å². The van der Waals surface area contributed by atoms with E-state index in [1.165, 1.54) is 0 Å². The number of nitrogens with zero attached hydrogens (tertiary/aromatic N) is 1. The van der Waals surface area contributed by atoms with Crippen LogP contribution in [-0.2, 0) is 0 Å². The summed E-state index contributed by atoms with van der Waals surface area (Å²) in [6.07, 6.45) is 0. The maximum Gasteiger partial charge on any atom is 0.205 e. The summed E-state index contributed by atoms with van der Waals surface area (Å²) in [7, 11) is 3.17. The van der Waals surface area contributed by atoms with Crippen molar-refractivity contribution in [3.63, 3.8) is 0 Å². The highest BCUT2D eigenvalue weighted by atomic mass is 16.5. The zero-order valence-corrected chi connectivity index (χ0v) is 14.9. The lowest BCUT2D eigenvalue weighted by Crippen LogP contribution is -2.21. The third kappa shape index (κ3) is 3.00. The van der Waals surface area contributed by atoms with Gasteiger partial charge in [0.1, 0.15) is 23.1 Å². The van der Waals surface area contributed by atoms with Crippen molar-refractivity contribution in [2.75, 3.05) is 20.8 Å². The van der Waals surface area contributed by atoms with Gasteiger partial charge < -0.3 is 24.7 Å². The molecule has 0 amide bonds. The molecule has 0 bridgehead atoms. The molecule has 26 heavy (non-hydrogen) atoms. The Balaban J connectivity index is 2.15. The molecule has 2 aromatic carbocycles. The van der Waals surface area contributed by atoms with Crippen LogP contribution in [0.1, 0.15) is 24.0 Å². The van der Waals surface area contributed by atoms with E-state index in [1.807, 2.05) is 37.3 Å². The summed E-state index contributed by atoms with van der Waals surface area (Å²) in [5, 5.41) is 9.64. The quantitative estimate of drug-likeness (QED) is 0.888. The van der Waals surface area contributed by atoms with Crippen molar-refractivity contribution in [3.8, 4) is 29.1 Å². The molecule has 0 saturated heterocycles. The molecule has 0 radical (unpaired) electrons. The van der Waals surface area contributed by atoms with E-state index in [4.69, 9.17) is 24.7 Å².